The number of hydrogen-bond donors (Lipinski definition) is 2. The van der Waals surface area contributed by atoms with Gasteiger partial charge < -0.3 is 19.7 Å². The monoisotopic (exact) mass is 392 g/mol. The van der Waals surface area contributed by atoms with Gasteiger partial charge in [0.25, 0.3) is 0 Å². The van der Waals surface area contributed by atoms with Crippen molar-refractivity contribution in [1.82, 2.24) is 9.88 Å². The second-order valence-corrected chi connectivity index (χ2v) is 7.32. The number of aryl methyl sites for hydroxylation is 1. The summed E-state index contributed by atoms with van der Waals surface area (Å²) < 4.78 is 7.49. The number of para-hydroxylation sites is 1. The van der Waals surface area contributed by atoms with Crippen LogP contribution >= 0.6 is 0 Å². The molecule has 0 aliphatic heterocycles. The zero-order valence-corrected chi connectivity index (χ0v) is 17.5. The number of aromatic nitrogens is 1. The Morgan fingerprint density at radius 3 is 2.34 bits per heavy atom. The molecule has 2 N–H and O–H groups in total. The van der Waals surface area contributed by atoms with Crippen molar-refractivity contribution in [2.75, 3.05) is 7.11 Å². The van der Waals surface area contributed by atoms with E-state index in [-0.39, 0.29) is 0 Å². The molecule has 0 atom stereocenters. The topological polar surface area (TPSA) is 63.5 Å². The second-order valence-electron chi connectivity index (χ2n) is 7.32. The van der Waals surface area contributed by atoms with Gasteiger partial charge in [-0.1, -0.05) is 48.0 Å². The number of aromatic carboxylic acids is 1. The molecule has 2 aromatic carbocycles. The molecule has 1 aromatic heterocycles. The van der Waals surface area contributed by atoms with Crippen molar-refractivity contribution >= 4 is 5.97 Å². The molecule has 5 heteroatoms. The summed E-state index contributed by atoms with van der Waals surface area (Å²) in [6.07, 6.45) is 0. The third-order valence-corrected chi connectivity index (χ3v) is 5.39. The van der Waals surface area contributed by atoms with Crippen LogP contribution in [0.4, 0.5) is 0 Å². The Labute approximate surface area is 172 Å². The Hall–Kier alpha value is -3.05. The Balaban J connectivity index is 1.84. The molecule has 0 bridgehead atoms. The summed E-state index contributed by atoms with van der Waals surface area (Å²) in [6.45, 7) is 7.68. The van der Waals surface area contributed by atoms with Crippen molar-refractivity contribution in [3.8, 4) is 5.75 Å². The van der Waals surface area contributed by atoms with Gasteiger partial charge in [-0.15, -0.1) is 0 Å². The van der Waals surface area contributed by atoms with Gasteiger partial charge in [0.15, 0.2) is 0 Å². The van der Waals surface area contributed by atoms with Crippen molar-refractivity contribution in [2.24, 2.45) is 0 Å². The molecule has 0 unspecified atom stereocenters. The molecule has 0 aliphatic carbocycles. The third kappa shape index (κ3) is 4.51. The number of nitrogens with one attached hydrogen (secondary N) is 1. The number of carboxylic acid groups (broad SMARTS) is 1. The fraction of sp³-hybridized carbons (Fsp3) is 0.292. The molecular formula is C24H28N2O3. The molecule has 0 fully saturated rings. The van der Waals surface area contributed by atoms with Gasteiger partial charge in [-0.3, -0.25) is 0 Å². The number of carboxylic acids is 1. The van der Waals surface area contributed by atoms with Crippen LogP contribution in [-0.2, 0) is 19.6 Å². The van der Waals surface area contributed by atoms with Crippen LogP contribution in [0.3, 0.4) is 0 Å². The van der Waals surface area contributed by atoms with Gasteiger partial charge in [0.2, 0.25) is 0 Å². The summed E-state index contributed by atoms with van der Waals surface area (Å²) in [5.41, 5.74) is 6.39. The summed E-state index contributed by atoms with van der Waals surface area (Å²) in [6, 6.07) is 16.2. The summed E-state index contributed by atoms with van der Waals surface area (Å²) >= 11 is 0. The lowest BCUT2D eigenvalue weighted by molar-refractivity contribution is 0.0694. The normalized spacial score (nSPS) is 10.9. The summed E-state index contributed by atoms with van der Waals surface area (Å²) in [4.78, 5) is 12.0. The SMILES string of the molecule is COc1ccccc1CNCc1c(C(=O)O)c(C)n(Cc2ccc(C)cc2)c1C. The van der Waals surface area contributed by atoms with E-state index in [1.807, 2.05) is 38.1 Å². The minimum Gasteiger partial charge on any atom is -0.496 e. The Morgan fingerprint density at radius 2 is 1.69 bits per heavy atom. The van der Waals surface area contributed by atoms with E-state index in [2.05, 4.69) is 41.1 Å². The largest absolute Gasteiger partial charge is 0.496 e. The first-order valence-corrected chi connectivity index (χ1v) is 9.72. The van der Waals surface area contributed by atoms with Gasteiger partial charge in [-0.05, 0) is 32.4 Å². The average molecular weight is 392 g/mol. The number of nitrogens with zero attached hydrogens (tertiary/aromatic N) is 1. The first-order chi connectivity index (χ1) is 13.9. The first kappa shape index (κ1) is 20.7. The molecule has 0 aliphatic rings. The van der Waals surface area contributed by atoms with Crippen LogP contribution in [-0.4, -0.2) is 22.8 Å². The number of benzene rings is 2. The fourth-order valence-electron chi connectivity index (χ4n) is 3.73. The van der Waals surface area contributed by atoms with E-state index in [1.165, 1.54) is 5.56 Å². The number of ether oxygens (including phenoxy) is 1. The van der Waals surface area contributed by atoms with Gasteiger partial charge in [0.05, 0.1) is 12.7 Å². The summed E-state index contributed by atoms with van der Waals surface area (Å²) in [7, 11) is 1.65. The van der Waals surface area contributed by atoms with Crippen LogP contribution in [0.25, 0.3) is 0 Å². The van der Waals surface area contributed by atoms with Gasteiger partial charge >= 0.3 is 5.97 Å². The third-order valence-electron chi connectivity index (χ3n) is 5.39. The molecule has 0 amide bonds. The zero-order chi connectivity index (χ0) is 21.0. The molecule has 0 radical (unpaired) electrons. The highest BCUT2D eigenvalue weighted by molar-refractivity contribution is 5.91. The predicted molar refractivity (Wildman–Crippen MR) is 115 cm³/mol. The minimum absolute atomic E-state index is 0.391. The van der Waals surface area contributed by atoms with Crippen molar-refractivity contribution in [1.29, 1.82) is 0 Å². The average Bonchev–Trinajstić information content (AvgIpc) is 2.94. The highest BCUT2D eigenvalue weighted by Crippen LogP contribution is 2.24. The van der Waals surface area contributed by atoms with Crippen LogP contribution in [0, 0.1) is 20.8 Å². The van der Waals surface area contributed by atoms with E-state index in [1.54, 1.807) is 7.11 Å². The number of carbonyl (C=O) groups is 1. The summed E-state index contributed by atoms with van der Waals surface area (Å²) in [5.74, 6) is -0.0642. The van der Waals surface area contributed by atoms with Crippen LogP contribution < -0.4 is 10.1 Å². The minimum atomic E-state index is -0.887. The maximum atomic E-state index is 12.0. The number of hydrogen-bond acceptors (Lipinski definition) is 3. The molecule has 29 heavy (non-hydrogen) atoms. The predicted octanol–water partition coefficient (Wildman–Crippen LogP) is 4.46. The number of rotatable bonds is 8. The van der Waals surface area contributed by atoms with E-state index in [9.17, 15) is 9.90 Å². The van der Waals surface area contributed by atoms with E-state index in [0.717, 1.165) is 33.8 Å². The maximum absolute atomic E-state index is 12.0. The fourth-order valence-corrected chi connectivity index (χ4v) is 3.73. The number of methoxy groups -OCH3 is 1. The van der Waals surface area contributed by atoms with Gasteiger partial charge in [0.1, 0.15) is 5.75 Å². The second kappa shape index (κ2) is 8.97. The first-order valence-electron chi connectivity index (χ1n) is 9.72. The molecular weight excluding hydrogens is 364 g/mol. The zero-order valence-electron chi connectivity index (χ0n) is 17.5. The molecule has 3 rings (SSSR count). The van der Waals surface area contributed by atoms with E-state index in [0.29, 0.717) is 25.2 Å². The Morgan fingerprint density at radius 1 is 1.00 bits per heavy atom. The highest BCUT2D eigenvalue weighted by Gasteiger charge is 2.22. The van der Waals surface area contributed by atoms with E-state index < -0.39 is 5.97 Å². The smallest absolute Gasteiger partial charge is 0.337 e. The van der Waals surface area contributed by atoms with Crippen LogP contribution in [0.5, 0.6) is 5.75 Å². The molecule has 0 saturated carbocycles. The molecule has 1 heterocycles. The van der Waals surface area contributed by atoms with Crippen molar-refractivity contribution in [3.63, 3.8) is 0 Å². The maximum Gasteiger partial charge on any atom is 0.337 e. The lowest BCUT2D eigenvalue weighted by Crippen LogP contribution is -2.16. The molecule has 3 aromatic rings. The van der Waals surface area contributed by atoms with Gasteiger partial charge in [-0.2, -0.15) is 0 Å². The molecule has 0 spiro atoms. The highest BCUT2D eigenvalue weighted by atomic mass is 16.5. The van der Waals surface area contributed by atoms with E-state index in [4.69, 9.17) is 4.74 Å². The van der Waals surface area contributed by atoms with Crippen molar-refractivity contribution in [2.45, 2.75) is 40.4 Å². The lowest BCUT2D eigenvalue weighted by atomic mass is 10.1. The van der Waals surface area contributed by atoms with Gasteiger partial charge in [0, 0.05) is 42.1 Å². The summed E-state index contributed by atoms with van der Waals surface area (Å²) in [5, 5.41) is 13.2. The Kier molecular flexibility index (Phi) is 6.39. The van der Waals surface area contributed by atoms with E-state index >= 15 is 0 Å². The van der Waals surface area contributed by atoms with Crippen LogP contribution in [0.15, 0.2) is 48.5 Å². The Bertz CT molecular complexity index is 1000. The van der Waals surface area contributed by atoms with Gasteiger partial charge in [-0.25, -0.2) is 4.79 Å². The lowest BCUT2D eigenvalue weighted by Gasteiger charge is -2.11. The standard InChI is InChI=1S/C24H28N2O3/c1-16-9-11-19(12-10-16)15-26-17(2)21(23(18(26)3)24(27)28)14-25-13-20-7-5-6-8-22(20)29-4/h5-12,25H,13-15H2,1-4H3,(H,27,28). The van der Waals surface area contributed by atoms with Crippen LogP contribution in [0.1, 0.15) is 44.0 Å². The molecule has 5 nitrogen and oxygen atoms in total. The molecule has 152 valence electrons. The molecule has 0 saturated heterocycles. The van der Waals surface area contributed by atoms with Crippen molar-refractivity contribution < 1.29 is 14.6 Å². The van der Waals surface area contributed by atoms with Crippen molar-refractivity contribution in [3.05, 3.63) is 87.7 Å². The quantitative estimate of drug-likeness (QED) is 0.594. The van der Waals surface area contributed by atoms with Crippen LogP contribution in [0.2, 0.25) is 0 Å².